The lowest BCUT2D eigenvalue weighted by Crippen LogP contribution is -2.27. The SMILES string of the molecule is CN(C)CCCNC(=O)c1ccc(I)nc1. The Bertz CT molecular complexity index is 338. The van der Waals surface area contributed by atoms with Crippen molar-refractivity contribution in [1.29, 1.82) is 0 Å². The van der Waals surface area contributed by atoms with Gasteiger partial charge in [-0.2, -0.15) is 0 Å². The Morgan fingerprint density at radius 2 is 2.25 bits per heavy atom. The zero-order valence-electron chi connectivity index (χ0n) is 9.53. The maximum absolute atomic E-state index is 11.6. The molecule has 1 rings (SSSR count). The standard InChI is InChI=1S/C11H16IN3O/c1-15(2)7-3-6-13-11(16)9-4-5-10(12)14-8-9/h4-5,8H,3,6-7H2,1-2H3,(H,13,16). The van der Waals surface area contributed by atoms with Gasteiger partial charge in [0.15, 0.2) is 0 Å². The fourth-order valence-corrected chi connectivity index (χ4v) is 1.53. The van der Waals surface area contributed by atoms with Crippen LogP contribution in [0.15, 0.2) is 18.3 Å². The van der Waals surface area contributed by atoms with Crippen LogP contribution in [0.1, 0.15) is 16.8 Å². The molecule has 1 N–H and O–H groups in total. The monoisotopic (exact) mass is 333 g/mol. The third-order valence-electron chi connectivity index (χ3n) is 2.06. The fraction of sp³-hybridized carbons (Fsp3) is 0.455. The van der Waals surface area contributed by atoms with Crippen molar-refractivity contribution in [2.45, 2.75) is 6.42 Å². The summed E-state index contributed by atoms with van der Waals surface area (Å²) in [7, 11) is 4.04. The van der Waals surface area contributed by atoms with Crippen LogP contribution in [-0.4, -0.2) is 43.0 Å². The average molecular weight is 333 g/mol. The predicted octanol–water partition coefficient (Wildman–Crippen LogP) is 1.37. The number of nitrogens with one attached hydrogen (secondary N) is 1. The molecule has 1 aromatic rings. The normalized spacial score (nSPS) is 10.5. The Balaban J connectivity index is 2.32. The van der Waals surface area contributed by atoms with E-state index in [1.807, 2.05) is 20.2 Å². The van der Waals surface area contributed by atoms with Gasteiger partial charge < -0.3 is 10.2 Å². The van der Waals surface area contributed by atoms with Crippen molar-refractivity contribution in [3.05, 3.63) is 27.6 Å². The van der Waals surface area contributed by atoms with Crippen molar-refractivity contribution in [2.24, 2.45) is 0 Å². The Morgan fingerprint density at radius 1 is 1.50 bits per heavy atom. The summed E-state index contributed by atoms with van der Waals surface area (Å²) >= 11 is 2.11. The van der Waals surface area contributed by atoms with Gasteiger partial charge in [-0.25, -0.2) is 4.98 Å². The first-order chi connectivity index (χ1) is 7.59. The van der Waals surface area contributed by atoms with Gasteiger partial charge in [0, 0.05) is 12.7 Å². The molecule has 1 aromatic heterocycles. The van der Waals surface area contributed by atoms with E-state index in [2.05, 4.69) is 37.8 Å². The van der Waals surface area contributed by atoms with Gasteiger partial charge in [0.2, 0.25) is 0 Å². The summed E-state index contributed by atoms with van der Waals surface area (Å²) in [5, 5.41) is 2.87. The maximum atomic E-state index is 11.6. The highest BCUT2D eigenvalue weighted by molar-refractivity contribution is 14.1. The summed E-state index contributed by atoms with van der Waals surface area (Å²) in [6.07, 6.45) is 2.56. The van der Waals surface area contributed by atoms with Crippen molar-refractivity contribution >= 4 is 28.5 Å². The smallest absolute Gasteiger partial charge is 0.252 e. The van der Waals surface area contributed by atoms with Crippen LogP contribution in [0.25, 0.3) is 0 Å². The van der Waals surface area contributed by atoms with Crippen molar-refractivity contribution in [3.63, 3.8) is 0 Å². The van der Waals surface area contributed by atoms with Crippen LogP contribution in [0.2, 0.25) is 0 Å². The van der Waals surface area contributed by atoms with E-state index < -0.39 is 0 Å². The number of amides is 1. The lowest BCUT2D eigenvalue weighted by atomic mass is 10.2. The van der Waals surface area contributed by atoms with Crippen LogP contribution in [0.5, 0.6) is 0 Å². The lowest BCUT2D eigenvalue weighted by molar-refractivity contribution is 0.0952. The molecule has 0 unspecified atom stereocenters. The number of hydrogen-bond donors (Lipinski definition) is 1. The minimum atomic E-state index is -0.0531. The zero-order valence-corrected chi connectivity index (χ0v) is 11.7. The van der Waals surface area contributed by atoms with Gasteiger partial charge in [-0.05, 0) is 61.8 Å². The number of rotatable bonds is 5. The number of carbonyl (C=O) groups is 1. The van der Waals surface area contributed by atoms with E-state index in [1.54, 1.807) is 12.3 Å². The lowest BCUT2D eigenvalue weighted by Gasteiger charge is -2.09. The number of carbonyl (C=O) groups excluding carboxylic acids is 1. The summed E-state index contributed by atoms with van der Waals surface area (Å²) < 4.78 is 0.891. The van der Waals surface area contributed by atoms with E-state index in [4.69, 9.17) is 0 Å². The van der Waals surface area contributed by atoms with Gasteiger partial charge in [0.1, 0.15) is 3.70 Å². The van der Waals surface area contributed by atoms with Crippen molar-refractivity contribution in [3.8, 4) is 0 Å². The third-order valence-corrected chi connectivity index (χ3v) is 2.70. The quantitative estimate of drug-likeness (QED) is 0.503. The number of hydrogen-bond acceptors (Lipinski definition) is 3. The molecule has 0 aliphatic heterocycles. The molecular weight excluding hydrogens is 317 g/mol. The topological polar surface area (TPSA) is 45.2 Å². The largest absolute Gasteiger partial charge is 0.352 e. The second kappa shape index (κ2) is 6.80. The Morgan fingerprint density at radius 3 is 2.81 bits per heavy atom. The highest BCUT2D eigenvalue weighted by atomic mass is 127. The third kappa shape index (κ3) is 4.89. The summed E-state index contributed by atoms with van der Waals surface area (Å²) in [5.74, 6) is -0.0531. The molecule has 16 heavy (non-hydrogen) atoms. The first-order valence-electron chi connectivity index (χ1n) is 5.14. The van der Waals surface area contributed by atoms with Gasteiger partial charge in [-0.1, -0.05) is 0 Å². The van der Waals surface area contributed by atoms with E-state index in [-0.39, 0.29) is 5.91 Å². The van der Waals surface area contributed by atoms with Crippen LogP contribution < -0.4 is 5.32 Å². The van der Waals surface area contributed by atoms with Crippen LogP contribution >= 0.6 is 22.6 Å². The summed E-state index contributed by atoms with van der Waals surface area (Å²) in [6, 6.07) is 3.62. The molecule has 0 fully saturated rings. The second-order valence-corrected chi connectivity index (χ2v) is 4.89. The van der Waals surface area contributed by atoms with Crippen LogP contribution in [0.3, 0.4) is 0 Å². The highest BCUT2D eigenvalue weighted by Gasteiger charge is 2.04. The molecule has 0 atom stereocenters. The highest BCUT2D eigenvalue weighted by Crippen LogP contribution is 2.02. The van der Waals surface area contributed by atoms with Crippen LogP contribution in [0, 0.1) is 3.70 Å². The van der Waals surface area contributed by atoms with E-state index in [1.165, 1.54) is 0 Å². The van der Waals surface area contributed by atoms with Crippen LogP contribution in [0.4, 0.5) is 0 Å². The summed E-state index contributed by atoms with van der Waals surface area (Å²) in [4.78, 5) is 17.8. The molecule has 0 saturated carbocycles. The van der Waals surface area contributed by atoms with Crippen molar-refractivity contribution in [2.75, 3.05) is 27.2 Å². The van der Waals surface area contributed by atoms with E-state index in [0.29, 0.717) is 12.1 Å². The van der Waals surface area contributed by atoms with Crippen molar-refractivity contribution < 1.29 is 4.79 Å². The second-order valence-electron chi connectivity index (χ2n) is 3.78. The predicted molar refractivity (Wildman–Crippen MR) is 72.5 cm³/mol. The minimum Gasteiger partial charge on any atom is -0.352 e. The first kappa shape index (κ1) is 13.4. The van der Waals surface area contributed by atoms with E-state index in [9.17, 15) is 4.79 Å². The molecule has 0 aliphatic carbocycles. The molecule has 0 saturated heterocycles. The molecule has 0 radical (unpaired) electrons. The zero-order chi connectivity index (χ0) is 12.0. The molecule has 1 heterocycles. The van der Waals surface area contributed by atoms with Gasteiger partial charge in [-0.15, -0.1) is 0 Å². The fourth-order valence-electron chi connectivity index (χ4n) is 1.21. The first-order valence-corrected chi connectivity index (χ1v) is 6.22. The van der Waals surface area contributed by atoms with Crippen molar-refractivity contribution in [1.82, 2.24) is 15.2 Å². The van der Waals surface area contributed by atoms with Gasteiger partial charge in [0.25, 0.3) is 5.91 Å². The number of aromatic nitrogens is 1. The minimum absolute atomic E-state index is 0.0531. The molecule has 0 bridgehead atoms. The molecule has 4 nitrogen and oxygen atoms in total. The molecular formula is C11H16IN3O. The molecule has 1 amide bonds. The molecule has 0 spiro atoms. The van der Waals surface area contributed by atoms with Gasteiger partial charge in [-0.3, -0.25) is 4.79 Å². The molecule has 0 aliphatic rings. The van der Waals surface area contributed by atoms with E-state index >= 15 is 0 Å². The average Bonchev–Trinajstić information content (AvgIpc) is 2.25. The van der Waals surface area contributed by atoms with Gasteiger partial charge in [0.05, 0.1) is 5.56 Å². The van der Waals surface area contributed by atoms with E-state index in [0.717, 1.165) is 16.7 Å². The summed E-state index contributed by atoms with van der Waals surface area (Å²) in [5.41, 5.74) is 0.616. The molecule has 5 heteroatoms. The Kier molecular flexibility index (Phi) is 5.68. The number of halogens is 1. The molecule has 88 valence electrons. The Hall–Kier alpha value is -0.690. The van der Waals surface area contributed by atoms with Crippen LogP contribution in [-0.2, 0) is 0 Å². The number of pyridine rings is 1. The van der Waals surface area contributed by atoms with Gasteiger partial charge >= 0.3 is 0 Å². The molecule has 0 aromatic carbocycles. The summed E-state index contributed by atoms with van der Waals surface area (Å²) in [6.45, 7) is 1.67. The maximum Gasteiger partial charge on any atom is 0.252 e. The Labute approximate surface area is 110 Å². The number of nitrogens with zero attached hydrogens (tertiary/aromatic N) is 2.